The molecule has 0 saturated heterocycles. The van der Waals surface area contributed by atoms with E-state index in [0.29, 0.717) is 11.1 Å². The van der Waals surface area contributed by atoms with Gasteiger partial charge in [-0.25, -0.2) is 4.39 Å². The minimum atomic E-state index is -0.381. The molecule has 0 N–H and O–H groups in total. The van der Waals surface area contributed by atoms with Crippen molar-refractivity contribution < 1.29 is 9.18 Å². The van der Waals surface area contributed by atoms with Gasteiger partial charge < -0.3 is 4.57 Å². The highest BCUT2D eigenvalue weighted by molar-refractivity contribution is 6.16. The number of nitrogens with zero attached hydrogens (tertiary/aromatic N) is 1. The summed E-state index contributed by atoms with van der Waals surface area (Å²) in [6.07, 6.45) is 1.80. The Morgan fingerprint density at radius 2 is 1.90 bits per heavy atom. The summed E-state index contributed by atoms with van der Waals surface area (Å²) >= 11 is 0. The molecule has 0 bridgehead atoms. The van der Waals surface area contributed by atoms with E-state index < -0.39 is 0 Å². The molecule has 1 aromatic heterocycles. The molecule has 3 aromatic rings. The van der Waals surface area contributed by atoms with Crippen molar-refractivity contribution in [2.24, 2.45) is 7.05 Å². The van der Waals surface area contributed by atoms with E-state index in [1.54, 1.807) is 19.2 Å². The van der Waals surface area contributed by atoms with Crippen LogP contribution in [0.2, 0.25) is 0 Å². The van der Waals surface area contributed by atoms with Gasteiger partial charge in [0, 0.05) is 35.3 Å². The van der Waals surface area contributed by atoms with Gasteiger partial charge >= 0.3 is 0 Å². The molecule has 0 fully saturated rings. The largest absolute Gasteiger partial charge is 0.350 e. The monoisotopic (exact) mass is 267 g/mol. The molecule has 3 heteroatoms. The Bertz CT molecular complexity index is 797. The van der Waals surface area contributed by atoms with E-state index >= 15 is 0 Å². The van der Waals surface area contributed by atoms with Gasteiger partial charge in [0.1, 0.15) is 5.82 Å². The Morgan fingerprint density at radius 3 is 2.65 bits per heavy atom. The van der Waals surface area contributed by atoms with Crippen LogP contribution in [0.3, 0.4) is 0 Å². The smallest absolute Gasteiger partial charge is 0.195 e. The lowest BCUT2D eigenvalue weighted by atomic mass is 10.0. The standard InChI is InChI=1S/C17H14FNO/c1-11-7-12(9-13(18)8-11)17(20)15-10-19(2)16-6-4-3-5-14(15)16/h3-10H,1-2H3. The second-order valence-corrected chi connectivity index (χ2v) is 5.02. The van der Waals surface area contributed by atoms with Crippen molar-refractivity contribution in [1.29, 1.82) is 0 Å². The van der Waals surface area contributed by atoms with E-state index in [9.17, 15) is 9.18 Å². The minimum Gasteiger partial charge on any atom is -0.350 e. The van der Waals surface area contributed by atoms with Gasteiger partial charge in [0.25, 0.3) is 0 Å². The maximum Gasteiger partial charge on any atom is 0.195 e. The Kier molecular flexibility index (Phi) is 2.90. The van der Waals surface area contributed by atoms with E-state index in [-0.39, 0.29) is 11.6 Å². The summed E-state index contributed by atoms with van der Waals surface area (Å²) in [4.78, 5) is 12.6. The van der Waals surface area contributed by atoms with E-state index in [0.717, 1.165) is 16.5 Å². The van der Waals surface area contributed by atoms with Gasteiger partial charge in [-0.1, -0.05) is 18.2 Å². The molecule has 0 spiro atoms. The highest BCUT2D eigenvalue weighted by atomic mass is 19.1. The van der Waals surface area contributed by atoms with Crippen LogP contribution in [0.25, 0.3) is 10.9 Å². The molecule has 0 aliphatic heterocycles. The summed E-state index contributed by atoms with van der Waals surface area (Å²) in [7, 11) is 1.90. The van der Waals surface area contributed by atoms with E-state index in [2.05, 4.69) is 0 Å². The molecule has 0 aliphatic carbocycles. The van der Waals surface area contributed by atoms with Gasteiger partial charge in [-0.05, 0) is 36.8 Å². The van der Waals surface area contributed by atoms with Gasteiger partial charge in [0.15, 0.2) is 5.78 Å². The highest BCUT2D eigenvalue weighted by Gasteiger charge is 2.16. The number of halogens is 1. The molecule has 0 saturated carbocycles. The molecule has 0 aliphatic rings. The van der Waals surface area contributed by atoms with Crippen LogP contribution in [0, 0.1) is 12.7 Å². The number of rotatable bonds is 2. The molecule has 2 nitrogen and oxygen atoms in total. The third-order valence-electron chi connectivity index (χ3n) is 3.45. The number of fused-ring (bicyclic) bond motifs is 1. The van der Waals surface area contributed by atoms with Gasteiger partial charge in [-0.15, -0.1) is 0 Å². The normalized spacial score (nSPS) is 10.9. The third-order valence-corrected chi connectivity index (χ3v) is 3.45. The van der Waals surface area contributed by atoms with Crippen molar-refractivity contribution in [3.05, 3.63) is 71.2 Å². The average molecular weight is 267 g/mol. The summed E-state index contributed by atoms with van der Waals surface area (Å²) < 4.78 is 15.4. The molecular formula is C17H14FNO. The number of benzene rings is 2. The van der Waals surface area contributed by atoms with E-state index in [4.69, 9.17) is 0 Å². The van der Waals surface area contributed by atoms with Crippen LogP contribution in [0.4, 0.5) is 4.39 Å². The lowest BCUT2D eigenvalue weighted by molar-refractivity contribution is 0.103. The Morgan fingerprint density at radius 1 is 1.15 bits per heavy atom. The molecule has 1 heterocycles. The molecule has 0 unspecified atom stereocenters. The predicted octanol–water partition coefficient (Wildman–Crippen LogP) is 3.86. The predicted molar refractivity (Wildman–Crippen MR) is 77.5 cm³/mol. The number of hydrogen-bond donors (Lipinski definition) is 0. The first kappa shape index (κ1) is 12.6. The van der Waals surface area contributed by atoms with Crippen molar-refractivity contribution in [3.63, 3.8) is 0 Å². The maximum absolute atomic E-state index is 13.5. The topological polar surface area (TPSA) is 22.0 Å². The first-order chi connectivity index (χ1) is 9.56. The molecular weight excluding hydrogens is 253 g/mol. The second kappa shape index (κ2) is 4.60. The van der Waals surface area contributed by atoms with Crippen molar-refractivity contribution >= 4 is 16.7 Å². The Labute approximate surface area is 116 Å². The van der Waals surface area contributed by atoms with Crippen molar-refractivity contribution in [3.8, 4) is 0 Å². The number of aryl methyl sites for hydroxylation is 2. The van der Waals surface area contributed by atoms with Crippen molar-refractivity contribution in [1.82, 2.24) is 4.57 Å². The number of aromatic nitrogens is 1. The molecule has 100 valence electrons. The molecule has 20 heavy (non-hydrogen) atoms. The van der Waals surface area contributed by atoms with Crippen molar-refractivity contribution in [2.75, 3.05) is 0 Å². The minimum absolute atomic E-state index is 0.149. The number of carbonyl (C=O) groups is 1. The lowest BCUT2D eigenvalue weighted by Crippen LogP contribution is -2.01. The zero-order valence-corrected chi connectivity index (χ0v) is 11.4. The lowest BCUT2D eigenvalue weighted by Gasteiger charge is -2.02. The zero-order chi connectivity index (χ0) is 14.3. The fraction of sp³-hybridized carbons (Fsp3) is 0.118. The maximum atomic E-state index is 13.5. The van der Waals surface area contributed by atoms with Gasteiger partial charge in [0.2, 0.25) is 0 Å². The van der Waals surface area contributed by atoms with Gasteiger partial charge in [-0.2, -0.15) is 0 Å². The number of para-hydroxylation sites is 1. The second-order valence-electron chi connectivity index (χ2n) is 5.02. The molecule has 3 rings (SSSR count). The SMILES string of the molecule is Cc1cc(F)cc(C(=O)c2cn(C)c3ccccc23)c1. The number of carbonyl (C=O) groups excluding carboxylic acids is 1. The fourth-order valence-corrected chi connectivity index (χ4v) is 2.55. The van der Waals surface area contributed by atoms with Crippen LogP contribution >= 0.6 is 0 Å². The highest BCUT2D eigenvalue weighted by Crippen LogP contribution is 2.23. The zero-order valence-electron chi connectivity index (χ0n) is 11.4. The summed E-state index contributed by atoms with van der Waals surface area (Å²) in [6.45, 7) is 1.78. The molecule has 0 radical (unpaired) electrons. The van der Waals surface area contributed by atoms with Crippen molar-refractivity contribution in [2.45, 2.75) is 6.92 Å². The average Bonchev–Trinajstić information content (AvgIpc) is 2.75. The number of ketones is 1. The van der Waals surface area contributed by atoms with Crippen LogP contribution < -0.4 is 0 Å². The molecule has 2 aromatic carbocycles. The quantitative estimate of drug-likeness (QED) is 0.646. The van der Waals surface area contributed by atoms with Gasteiger partial charge in [0.05, 0.1) is 0 Å². The fourth-order valence-electron chi connectivity index (χ4n) is 2.55. The summed E-state index contributed by atoms with van der Waals surface area (Å²) in [6, 6.07) is 12.1. The van der Waals surface area contributed by atoms with E-state index in [1.165, 1.54) is 12.1 Å². The number of hydrogen-bond acceptors (Lipinski definition) is 1. The molecule has 0 amide bonds. The summed E-state index contributed by atoms with van der Waals surface area (Å²) in [5.41, 5.74) is 2.73. The van der Waals surface area contributed by atoms with Crippen LogP contribution in [-0.4, -0.2) is 10.4 Å². The first-order valence-corrected chi connectivity index (χ1v) is 6.42. The third kappa shape index (κ3) is 2.01. The van der Waals surface area contributed by atoms with Crippen LogP contribution in [0.15, 0.2) is 48.7 Å². The summed E-state index contributed by atoms with van der Waals surface area (Å²) in [5.74, 6) is -0.530. The Balaban J connectivity index is 2.18. The summed E-state index contributed by atoms with van der Waals surface area (Å²) in [5, 5.41) is 0.891. The van der Waals surface area contributed by atoms with Crippen LogP contribution in [-0.2, 0) is 7.05 Å². The van der Waals surface area contributed by atoms with Gasteiger partial charge in [-0.3, -0.25) is 4.79 Å². The van der Waals surface area contributed by atoms with E-state index in [1.807, 2.05) is 35.9 Å². The van der Waals surface area contributed by atoms with Crippen LogP contribution in [0.1, 0.15) is 21.5 Å². The van der Waals surface area contributed by atoms with Crippen LogP contribution in [0.5, 0.6) is 0 Å². The molecule has 0 atom stereocenters. The Hall–Kier alpha value is -2.42. The first-order valence-electron chi connectivity index (χ1n) is 6.42.